The highest BCUT2D eigenvalue weighted by Crippen LogP contribution is 2.40. The minimum Gasteiger partial charge on any atom is -0.396 e. The summed E-state index contributed by atoms with van der Waals surface area (Å²) in [6.07, 6.45) is 20.7. The number of unbranched alkanes of at least 4 members (excludes halogenated alkanes) is 2. The second kappa shape index (κ2) is 13.2. The van der Waals surface area contributed by atoms with E-state index in [0.717, 1.165) is 33.8 Å². The van der Waals surface area contributed by atoms with E-state index < -0.39 is 0 Å². The van der Waals surface area contributed by atoms with Crippen LogP contribution >= 0.6 is 23.5 Å². The standard InChI is InChI=1S/C26H48O2S2/c1-25(2,19-27)17-7-5-9-21-11-13-23(29-21)15-16-24-14-12-22(30-24)10-6-8-18-26(3,4)20-28/h15-16,21-24,27-28H,5-14,17-20H2,1-4H3/b16-15+. The van der Waals surface area contributed by atoms with Crippen molar-refractivity contribution in [1.82, 2.24) is 0 Å². The van der Waals surface area contributed by atoms with Crippen LogP contribution in [0.15, 0.2) is 12.2 Å². The van der Waals surface area contributed by atoms with Crippen molar-refractivity contribution in [3.05, 3.63) is 12.2 Å². The van der Waals surface area contributed by atoms with E-state index in [4.69, 9.17) is 0 Å². The Morgan fingerprint density at radius 1 is 0.667 bits per heavy atom. The molecule has 0 saturated carbocycles. The molecule has 4 heteroatoms. The van der Waals surface area contributed by atoms with Crippen LogP contribution in [0.5, 0.6) is 0 Å². The van der Waals surface area contributed by atoms with Gasteiger partial charge in [-0.2, -0.15) is 23.5 Å². The quantitative estimate of drug-likeness (QED) is 0.214. The summed E-state index contributed by atoms with van der Waals surface area (Å²) in [5.74, 6) is 0. The molecule has 0 radical (unpaired) electrons. The molecule has 176 valence electrons. The highest BCUT2D eigenvalue weighted by Gasteiger charge is 2.26. The van der Waals surface area contributed by atoms with Crippen LogP contribution in [0.1, 0.15) is 105 Å². The summed E-state index contributed by atoms with van der Waals surface area (Å²) < 4.78 is 0. The number of aliphatic hydroxyl groups is 2. The fourth-order valence-corrected chi connectivity index (χ4v) is 7.58. The average Bonchev–Trinajstić information content (AvgIpc) is 3.36. The maximum absolute atomic E-state index is 9.38. The molecule has 0 bridgehead atoms. The molecule has 0 spiro atoms. The lowest BCUT2D eigenvalue weighted by molar-refractivity contribution is 0.147. The SMILES string of the molecule is CC(C)(CO)CCCCC1CCC(/C=C/C2CCC(CCCCC(C)(C)CO)S2)S1. The van der Waals surface area contributed by atoms with Crippen LogP contribution < -0.4 is 0 Å². The van der Waals surface area contributed by atoms with Gasteiger partial charge in [0.25, 0.3) is 0 Å². The van der Waals surface area contributed by atoms with Gasteiger partial charge in [-0.25, -0.2) is 0 Å². The van der Waals surface area contributed by atoms with Gasteiger partial charge >= 0.3 is 0 Å². The van der Waals surface area contributed by atoms with Crippen molar-refractivity contribution in [3.63, 3.8) is 0 Å². The van der Waals surface area contributed by atoms with Gasteiger partial charge in [-0.05, 0) is 62.2 Å². The Bertz CT molecular complexity index is 459. The van der Waals surface area contributed by atoms with Crippen LogP contribution in [0.4, 0.5) is 0 Å². The number of rotatable bonds is 14. The molecule has 0 amide bonds. The zero-order valence-corrected chi connectivity index (χ0v) is 21.7. The third kappa shape index (κ3) is 10.3. The topological polar surface area (TPSA) is 40.5 Å². The Kier molecular flexibility index (Phi) is 11.7. The maximum Gasteiger partial charge on any atom is 0.0482 e. The molecule has 2 fully saturated rings. The highest BCUT2D eigenvalue weighted by molar-refractivity contribution is 8.01. The van der Waals surface area contributed by atoms with E-state index in [1.54, 1.807) is 0 Å². The second-order valence-corrected chi connectivity index (χ2v) is 14.4. The van der Waals surface area contributed by atoms with Crippen LogP contribution in [0.3, 0.4) is 0 Å². The van der Waals surface area contributed by atoms with Gasteiger partial charge in [0.2, 0.25) is 0 Å². The predicted octanol–water partition coefficient (Wildman–Crippen LogP) is 7.23. The van der Waals surface area contributed by atoms with E-state index in [1.807, 2.05) is 0 Å². The number of thioether (sulfide) groups is 2. The van der Waals surface area contributed by atoms with E-state index in [0.29, 0.717) is 13.2 Å². The summed E-state index contributed by atoms with van der Waals surface area (Å²) >= 11 is 4.43. The first-order valence-corrected chi connectivity index (χ1v) is 14.3. The largest absolute Gasteiger partial charge is 0.396 e. The van der Waals surface area contributed by atoms with E-state index in [-0.39, 0.29) is 10.8 Å². The Morgan fingerprint density at radius 2 is 1.07 bits per heavy atom. The minimum absolute atomic E-state index is 0.0981. The van der Waals surface area contributed by atoms with Crippen LogP contribution in [0, 0.1) is 10.8 Å². The van der Waals surface area contributed by atoms with Crippen molar-refractivity contribution in [1.29, 1.82) is 0 Å². The third-order valence-electron chi connectivity index (χ3n) is 6.94. The Morgan fingerprint density at radius 3 is 1.43 bits per heavy atom. The molecule has 2 rings (SSSR count). The van der Waals surface area contributed by atoms with Crippen LogP contribution in [0.25, 0.3) is 0 Å². The third-order valence-corrected chi connectivity index (χ3v) is 10.1. The first-order valence-electron chi connectivity index (χ1n) is 12.4. The normalized spacial score (nSPS) is 28.1. The van der Waals surface area contributed by atoms with Crippen molar-refractivity contribution >= 4 is 23.5 Å². The zero-order valence-electron chi connectivity index (χ0n) is 20.1. The van der Waals surface area contributed by atoms with Crippen molar-refractivity contribution in [2.75, 3.05) is 13.2 Å². The summed E-state index contributed by atoms with van der Waals surface area (Å²) in [5.41, 5.74) is 0.196. The molecule has 0 aliphatic carbocycles. The molecule has 2 heterocycles. The van der Waals surface area contributed by atoms with Gasteiger partial charge in [-0.1, -0.05) is 65.5 Å². The molecule has 0 aromatic heterocycles. The van der Waals surface area contributed by atoms with Crippen molar-refractivity contribution < 1.29 is 10.2 Å². The first-order chi connectivity index (χ1) is 14.2. The average molecular weight is 457 g/mol. The molecule has 2 N–H and O–H groups in total. The van der Waals surface area contributed by atoms with Gasteiger partial charge in [0.15, 0.2) is 0 Å². The molecule has 4 unspecified atom stereocenters. The minimum atomic E-state index is 0.0981. The van der Waals surface area contributed by atoms with E-state index in [2.05, 4.69) is 63.4 Å². The van der Waals surface area contributed by atoms with E-state index in [9.17, 15) is 10.2 Å². The fourth-order valence-electron chi connectivity index (χ4n) is 4.53. The van der Waals surface area contributed by atoms with Crippen LogP contribution in [-0.2, 0) is 0 Å². The maximum atomic E-state index is 9.38. The smallest absolute Gasteiger partial charge is 0.0482 e. The van der Waals surface area contributed by atoms with Gasteiger partial charge in [0.05, 0.1) is 0 Å². The van der Waals surface area contributed by atoms with Gasteiger partial charge in [0, 0.05) is 34.2 Å². The molecular formula is C26H48O2S2. The number of hydrogen-bond donors (Lipinski definition) is 2. The Labute approximate surface area is 195 Å². The van der Waals surface area contributed by atoms with Crippen LogP contribution in [-0.4, -0.2) is 44.4 Å². The van der Waals surface area contributed by atoms with Crippen molar-refractivity contribution in [2.24, 2.45) is 10.8 Å². The summed E-state index contributed by atoms with van der Waals surface area (Å²) in [6.45, 7) is 9.28. The predicted molar refractivity (Wildman–Crippen MR) is 137 cm³/mol. The lowest BCUT2D eigenvalue weighted by atomic mass is 9.88. The first kappa shape index (κ1) is 26.6. The molecule has 2 saturated heterocycles. The molecule has 30 heavy (non-hydrogen) atoms. The highest BCUT2D eigenvalue weighted by atomic mass is 32.2. The molecule has 4 atom stereocenters. The van der Waals surface area contributed by atoms with Crippen LogP contribution in [0.2, 0.25) is 0 Å². The lowest BCUT2D eigenvalue weighted by Gasteiger charge is -2.21. The number of hydrogen-bond acceptors (Lipinski definition) is 4. The summed E-state index contributed by atoms with van der Waals surface area (Å²) in [7, 11) is 0. The Hall–Kier alpha value is 0.360. The molecule has 2 aliphatic rings. The van der Waals surface area contributed by atoms with Crippen molar-refractivity contribution in [2.45, 2.75) is 126 Å². The zero-order chi connectivity index (χ0) is 22.0. The Balaban J connectivity index is 1.55. The molecule has 0 aromatic carbocycles. The summed E-state index contributed by atoms with van der Waals surface area (Å²) in [5, 5.41) is 21.9. The van der Waals surface area contributed by atoms with Gasteiger partial charge < -0.3 is 10.2 Å². The molecule has 2 aliphatic heterocycles. The molecule has 0 aromatic rings. The van der Waals surface area contributed by atoms with Gasteiger partial charge in [-0.15, -0.1) is 0 Å². The monoisotopic (exact) mass is 456 g/mol. The molecular weight excluding hydrogens is 408 g/mol. The fraction of sp³-hybridized carbons (Fsp3) is 0.923. The molecule has 2 nitrogen and oxygen atoms in total. The van der Waals surface area contributed by atoms with E-state index in [1.165, 1.54) is 64.2 Å². The second-order valence-electron chi connectivity index (χ2n) is 11.3. The van der Waals surface area contributed by atoms with Gasteiger partial charge in [-0.3, -0.25) is 0 Å². The van der Waals surface area contributed by atoms with Gasteiger partial charge in [0.1, 0.15) is 0 Å². The number of aliphatic hydroxyl groups excluding tert-OH is 2. The van der Waals surface area contributed by atoms with E-state index >= 15 is 0 Å². The summed E-state index contributed by atoms with van der Waals surface area (Å²) in [6, 6.07) is 0. The summed E-state index contributed by atoms with van der Waals surface area (Å²) in [4.78, 5) is 0. The van der Waals surface area contributed by atoms with Crippen molar-refractivity contribution in [3.8, 4) is 0 Å². The lowest BCUT2D eigenvalue weighted by Crippen LogP contribution is -2.16.